The molecule has 0 saturated carbocycles. The zero-order valence-electron chi connectivity index (χ0n) is 25.6. The van der Waals surface area contributed by atoms with Crippen LogP contribution in [0.3, 0.4) is 0 Å². The van der Waals surface area contributed by atoms with Crippen LogP contribution >= 0.6 is 0 Å². The van der Waals surface area contributed by atoms with Gasteiger partial charge in [-0.2, -0.15) is 0 Å². The molecule has 0 atom stereocenters. The molecule has 5 heteroatoms. The van der Waals surface area contributed by atoms with Crippen molar-refractivity contribution < 1.29 is 8.83 Å². The maximum Gasteiger partial charge on any atom is 0.164 e. The van der Waals surface area contributed by atoms with E-state index in [0.29, 0.717) is 17.5 Å². The molecule has 0 unspecified atom stereocenters. The molecule has 3 aromatic heterocycles. The Bertz CT molecular complexity index is 2850. The normalized spacial score (nSPS) is 11.8. The van der Waals surface area contributed by atoms with E-state index in [4.69, 9.17) is 23.8 Å². The second kappa shape index (κ2) is 10.5. The van der Waals surface area contributed by atoms with E-state index >= 15 is 0 Å². The topological polar surface area (TPSA) is 65.0 Å². The molecular formula is C43H25N3O2. The first kappa shape index (κ1) is 26.6. The number of aromatic nitrogens is 3. The first-order valence-electron chi connectivity index (χ1n) is 15.9. The number of furan rings is 2. The molecule has 224 valence electrons. The quantitative estimate of drug-likeness (QED) is 0.197. The number of para-hydroxylation sites is 2. The van der Waals surface area contributed by atoms with Gasteiger partial charge >= 0.3 is 0 Å². The van der Waals surface area contributed by atoms with Crippen LogP contribution in [0.15, 0.2) is 160 Å². The number of nitrogens with zero attached hydrogens (tertiary/aromatic N) is 3. The summed E-state index contributed by atoms with van der Waals surface area (Å²) in [5, 5.41) is 6.11. The van der Waals surface area contributed by atoms with Crippen LogP contribution in [-0.2, 0) is 0 Å². The molecule has 10 aromatic rings. The summed E-state index contributed by atoms with van der Waals surface area (Å²) in [5.41, 5.74) is 8.26. The Morgan fingerprint density at radius 3 is 1.75 bits per heavy atom. The van der Waals surface area contributed by atoms with Gasteiger partial charge in [-0.25, -0.2) is 15.0 Å². The molecule has 0 amide bonds. The van der Waals surface area contributed by atoms with Crippen LogP contribution in [0.25, 0.3) is 99.9 Å². The molecule has 5 nitrogen and oxygen atoms in total. The summed E-state index contributed by atoms with van der Waals surface area (Å²) in [4.78, 5) is 15.6. The highest BCUT2D eigenvalue weighted by Crippen LogP contribution is 2.41. The first-order valence-corrected chi connectivity index (χ1v) is 15.9. The molecule has 0 N–H and O–H groups in total. The molecule has 7 aromatic carbocycles. The minimum absolute atomic E-state index is 0.582. The van der Waals surface area contributed by atoms with Gasteiger partial charge < -0.3 is 8.83 Å². The Hall–Kier alpha value is -6.59. The molecule has 0 radical (unpaired) electrons. The van der Waals surface area contributed by atoms with E-state index < -0.39 is 0 Å². The highest BCUT2D eigenvalue weighted by molar-refractivity contribution is 6.19. The lowest BCUT2D eigenvalue weighted by Crippen LogP contribution is -2.01. The van der Waals surface area contributed by atoms with E-state index in [2.05, 4.69) is 84.9 Å². The molecule has 48 heavy (non-hydrogen) atoms. The Labute approximate surface area is 274 Å². The summed E-state index contributed by atoms with van der Waals surface area (Å²) >= 11 is 0. The summed E-state index contributed by atoms with van der Waals surface area (Å²) in [6.45, 7) is 0. The van der Waals surface area contributed by atoms with Crippen molar-refractivity contribution in [3.8, 4) is 45.3 Å². The minimum Gasteiger partial charge on any atom is -0.456 e. The van der Waals surface area contributed by atoms with E-state index in [1.807, 2.05) is 66.7 Å². The third-order valence-corrected chi connectivity index (χ3v) is 9.13. The van der Waals surface area contributed by atoms with E-state index in [0.717, 1.165) is 82.5 Å². The van der Waals surface area contributed by atoms with E-state index in [9.17, 15) is 0 Å². The molecule has 0 aliphatic heterocycles. The van der Waals surface area contributed by atoms with Gasteiger partial charge in [0, 0.05) is 43.6 Å². The fourth-order valence-corrected chi connectivity index (χ4v) is 6.91. The van der Waals surface area contributed by atoms with Crippen LogP contribution in [-0.4, -0.2) is 15.0 Å². The SMILES string of the molecule is c1ccc(-c2cccc(-c3nc(-c4cc5c6ccccc6oc5c5ccccc45)nc(-c4cccc5oc6ccccc6c45)n3)c2)cc1. The lowest BCUT2D eigenvalue weighted by molar-refractivity contribution is 0.669. The van der Waals surface area contributed by atoms with Crippen molar-refractivity contribution in [2.75, 3.05) is 0 Å². The average molecular weight is 616 g/mol. The van der Waals surface area contributed by atoms with Gasteiger partial charge in [-0.05, 0) is 46.8 Å². The third kappa shape index (κ3) is 4.15. The van der Waals surface area contributed by atoms with Crippen molar-refractivity contribution in [3.05, 3.63) is 152 Å². The smallest absolute Gasteiger partial charge is 0.164 e. The van der Waals surface area contributed by atoms with Crippen LogP contribution in [0.4, 0.5) is 0 Å². The molecular weight excluding hydrogens is 590 g/mol. The second-order valence-corrected chi connectivity index (χ2v) is 12.0. The van der Waals surface area contributed by atoms with Gasteiger partial charge in [0.25, 0.3) is 0 Å². The standard InChI is InChI=1S/C43H25N3O2/c1-2-12-26(13-3-1)27-14-10-15-28(24-27)41-44-42(33-20-11-23-38-39(33)32-19-7-9-22-37(32)47-38)46-43(45-41)35-25-34-30-17-6-8-21-36(30)48-40(34)31-18-5-4-16-29(31)35/h1-25H. The van der Waals surface area contributed by atoms with Crippen molar-refractivity contribution in [3.63, 3.8) is 0 Å². The fourth-order valence-electron chi connectivity index (χ4n) is 6.91. The highest BCUT2D eigenvalue weighted by atomic mass is 16.3. The predicted molar refractivity (Wildman–Crippen MR) is 194 cm³/mol. The lowest BCUT2D eigenvalue weighted by atomic mass is 9.99. The summed E-state index contributed by atoms with van der Waals surface area (Å²) < 4.78 is 12.7. The minimum atomic E-state index is 0.582. The summed E-state index contributed by atoms with van der Waals surface area (Å²) in [7, 11) is 0. The van der Waals surface area contributed by atoms with Crippen LogP contribution in [0, 0.1) is 0 Å². The molecule has 0 fully saturated rings. The zero-order valence-corrected chi connectivity index (χ0v) is 25.6. The van der Waals surface area contributed by atoms with Gasteiger partial charge in [-0.3, -0.25) is 0 Å². The zero-order chi connectivity index (χ0) is 31.6. The fraction of sp³-hybridized carbons (Fsp3) is 0. The Morgan fingerprint density at radius 1 is 0.333 bits per heavy atom. The molecule has 10 rings (SSSR count). The van der Waals surface area contributed by atoms with E-state index in [-0.39, 0.29) is 0 Å². The monoisotopic (exact) mass is 615 g/mol. The maximum atomic E-state index is 6.41. The second-order valence-electron chi connectivity index (χ2n) is 12.0. The van der Waals surface area contributed by atoms with Crippen molar-refractivity contribution >= 4 is 54.6 Å². The van der Waals surface area contributed by atoms with Gasteiger partial charge in [0.15, 0.2) is 17.5 Å². The van der Waals surface area contributed by atoms with Gasteiger partial charge in [-0.1, -0.05) is 121 Å². The van der Waals surface area contributed by atoms with Crippen LogP contribution in [0.2, 0.25) is 0 Å². The number of benzene rings is 7. The van der Waals surface area contributed by atoms with Crippen molar-refractivity contribution in [1.82, 2.24) is 15.0 Å². The first-order chi connectivity index (χ1) is 23.8. The predicted octanol–water partition coefficient (Wildman–Crippen LogP) is 11.5. The van der Waals surface area contributed by atoms with Crippen molar-refractivity contribution in [2.45, 2.75) is 0 Å². The Kier molecular flexibility index (Phi) is 5.81. The number of rotatable bonds is 4. The van der Waals surface area contributed by atoms with Gasteiger partial charge in [-0.15, -0.1) is 0 Å². The van der Waals surface area contributed by atoms with E-state index in [1.54, 1.807) is 0 Å². The Balaban J connectivity index is 1.28. The van der Waals surface area contributed by atoms with Crippen molar-refractivity contribution in [2.24, 2.45) is 0 Å². The van der Waals surface area contributed by atoms with E-state index in [1.165, 1.54) is 0 Å². The Morgan fingerprint density at radius 2 is 0.917 bits per heavy atom. The summed E-state index contributed by atoms with van der Waals surface area (Å²) in [6.07, 6.45) is 0. The maximum absolute atomic E-state index is 6.41. The van der Waals surface area contributed by atoms with Gasteiger partial charge in [0.1, 0.15) is 22.3 Å². The van der Waals surface area contributed by atoms with Crippen LogP contribution in [0.5, 0.6) is 0 Å². The molecule has 0 aliphatic rings. The molecule has 0 spiro atoms. The number of hydrogen-bond acceptors (Lipinski definition) is 5. The average Bonchev–Trinajstić information content (AvgIpc) is 3.73. The van der Waals surface area contributed by atoms with Crippen LogP contribution < -0.4 is 0 Å². The van der Waals surface area contributed by atoms with Gasteiger partial charge in [0.2, 0.25) is 0 Å². The largest absolute Gasteiger partial charge is 0.456 e. The van der Waals surface area contributed by atoms with Gasteiger partial charge in [0.05, 0.1) is 0 Å². The molecule has 0 saturated heterocycles. The van der Waals surface area contributed by atoms with Crippen LogP contribution in [0.1, 0.15) is 0 Å². The number of fused-ring (bicyclic) bond motifs is 8. The summed E-state index contributed by atoms with van der Waals surface area (Å²) in [5.74, 6) is 1.77. The lowest BCUT2D eigenvalue weighted by Gasteiger charge is -2.12. The summed E-state index contributed by atoms with van der Waals surface area (Å²) in [6, 6.07) is 51.6. The highest BCUT2D eigenvalue weighted by Gasteiger charge is 2.21. The van der Waals surface area contributed by atoms with Crippen molar-refractivity contribution in [1.29, 1.82) is 0 Å². The third-order valence-electron chi connectivity index (χ3n) is 9.13. The number of hydrogen-bond donors (Lipinski definition) is 0. The molecule has 3 heterocycles. The molecule has 0 aliphatic carbocycles. The molecule has 0 bridgehead atoms.